The fourth-order valence-electron chi connectivity index (χ4n) is 4.75. The van der Waals surface area contributed by atoms with Crippen LogP contribution in [0.5, 0.6) is 5.75 Å². The van der Waals surface area contributed by atoms with Gasteiger partial charge in [-0.3, -0.25) is 15.5 Å². The summed E-state index contributed by atoms with van der Waals surface area (Å²) in [4.78, 5) is 26.5. The van der Waals surface area contributed by atoms with E-state index in [1.54, 1.807) is 17.0 Å². The number of nitrogens with two attached hydrogens (primary N) is 2. The lowest BCUT2D eigenvalue weighted by molar-refractivity contribution is 0.0246. The van der Waals surface area contributed by atoms with Crippen molar-refractivity contribution in [2.24, 2.45) is 5.84 Å². The van der Waals surface area contributed by atoms with Crippen LogP contribution in [0.2, 0.25) is 0 Å². The van der Waals surface area contributed by atoms with Gasteiger partial charge in [-0.1, -0.05) is 6.07 Å². The van der Waals surface area contributed by atoms with E-state index in [4.69, 9.17) is 21.3 Å². The predicted octanol–water partition coefficient (Wildman–Crippen LogP) is 2.55. The van der Waals surface area contributed by atoms with Gasteiger partial charge in [0.25, 0.3) is 5.91 Å². The minimum Gasteiger partial charge on any atom is -0.496 e. The molecule has 10 nitrogen and oxygen atoms in total. The maximum Gasteiger partial charge on any atom is 0.257 e. The molecule has 10 heteroatoms. The summed E-state index contributed by atoms with van der Waals surface area (Å²) in [6, 6.07) is 9.81. The number of nitrogen functional groups attached to an aromatic ring is 2. The van der Waals surface area contributed by atoms with Crippen molar-refractivity contribution in [3.63, 3.8) is 0 Å². The molecule has 1 saturated heterocycles. The third kappa shape index (κ3) is 4.45. The van der Waals surface area contributed by atoms with Crippen LogP contribution in [0.3, 0.4) is 0 Å². The second-order valence-electron chi connectivity index (χ2n) is 9.22. The van der Waals surface area contributed by atoms with Crippen LogP contribution >= 0.6 is 0 Å². The van der Waals surface area contributed by atoms with Gasteiger partial charge in [0.05, 0.1) is 29.7 Å². The van der Waals surface area contributed by atoms with Crippen molar-refractivity contribution in [1.82, 2.24) is 19.8 Å². The van der Waals surface area contributed by atoms with Crippen molar-refractivity contribution in [2.45, 2.75) is 33.0 Å². The molecule has 2 aromatic carbocycles. The third-order valence-corrected chi connectivity index (χ3v) is 6.58. The number of aryl methyl sites for hydroxylation is 2. The van der Waals surface area contributed by atoms with Crippen LogP contribution in [0.15, 0.2) is 36.5 Å². The van der Waals surface area contributed by atoms with Crippen LogP contribution in [-0.4, -0.2) is 51.9 Å². The van der Waals surface area contributed by atoms with E-state index >= 15 is 0 Å². The number of hydrogen-bond acceptors (Lipinski definition) is 9. The molecule has 0 radical (unpaired) electrons. The molecule has 0 unspecified atom stereocenters. The van der Waals surface area contributed by atoms with Crippen molar-refractivity contribution in [2.75, 3.05) is 36.7 Å². The van der Waals surface area contributed by atoms with E-state index in [2.05, 4.69) is 52.7 Å². The average molecular weight is 475 g/mol. The Balaban J connectivity index is 1.22. The summed E-state index contributed by atoms with van der Waals surface area (Å²) in [6.07, 6.45) is 1.90. The van der Waals surface area contributed by atoms with Gasteiger partial charge in [0, 0.05) is 55.7 Å². The number of hydrazine groups is 1. The molecule has 3 heterocycles. The molecular formula is C25H30N8O2. The van der Waals surface area contributed by atoms with Crippen LogP contribution in [0, 0.1) is 13.8 Å². The van der Waals surface area contributed by atoms with Gasteiger partial charge in [0.2, 0.25) is 5.95 Å². The number of rotatable bonds is 6. The van der Waals surface area contributed by atoms with E-state index in [-0.39, 0.29) is 11.9 Å². The first-order valence-electron chi connectivity index (χ1n) is 11.5. The molecule has 1 amide bonds. The van der Waals surface area contributed by atoms with Crippen LogP contribution in [0.4, 0.5) is 23.0 Å². The minimum atomic E-state index is -0.107. The third-order valence-electron chi connectivity index (χ3n) is 6.58. The van der Waals surface area contributed by atoms with Crippen molar-refractivity contribution < 1.29 is 9.53 Å². The van der Waals surface area contributed by atoms with Gasteiger partial charge in [0.15, 0.2) is 0 Å². The number of fused-ring (bicyclic) bond motifs is 1. The number of hydrogen-bond donors (Lipinski definition) is 4. The predicted molar refractivity (Wildman–Crippen MR) is 135 cm³/mol. The van der Waals surface area contributed by atoms with Crippen LogP contribution < -0.4 is 27.1 Å². The van der Waals surface area contributed by atoms with Gasteiger partial charge in [-0.2, -0.15) is 0 Å². The van der Waals surface area contributed by atoms with E-state index in [1.807, 2.05) is 6.20 Å². The lowest BCUT2D eigenvalue weighted by atomic mass is 10.0. The number of aromatic nitrogens is 2. The highest BCUT2D eigenvalue weighted by Crippen LogP contribution is 2.33. The molecule has 2 aliphatic heterocycles. The normalized spacial score (nSPS) is 15.5. The Morgan fingerprint density at radius 2 is 1.86 bits per heavy atom. The van der Waals surface area contributed by atoms with Crippen LogP contribution in [0.25, 0.3) is 0 Å². The topological polar surface area (TPSA) is 135 Å². The monoisotopic (exact) mass is 474 g/mol. The summed E-state index contributed by atoms with van der Waals surface area (Å²) < 4.78 is 5.39. The van der Waals surface area contributed by atoms with Crippen molar-refractivity contribution in [3.8, 4) is 5.75 Å². The number of anilines is 4. The molecule has 35 heavy (non-hydrogen) atoms. The van der Waals surface area contributed by atoms with E-state index < -0.39 is 0 Å². The Labute approximate surface area is 204 Å². The Kier molecular flexibility index (Phi) is 5.91. The van der Waals surface area contributed by atoms with Crippen molar-refractivity contribution >= 4 is 28.9 Å². The number of methoxy groups -OCH3 is 1. The maximum atomic E-state index is 13.1. The molecule has 6 N–H and O–H groups in total. The van der Waals surface area contributed by atoms with Gasteiger partial charge in [-0.15, -0.1) is 0 Å². The molecule has 0 atom stereocenters. The molecule has 5 rings (SSSR count). The standard InChI is InChI=1S/C25H30N8O2/c1-14-4-15(2)6-17(5-14)29-25-28-9-16-10-32(13-22(16)30-25)18-11-33(12-18)24(34)19-7-20(26)21(31-27)8-23(19)35-3/h4-9,18,31H,10-13,26-27H2,1-3H3,(H,28,29,30). The molecule has 0 spiro atoms. The number of nitrogens with one attached hydrogen (secondary N) is 2. The highest BCUT2D eigenvalue weighted by atomic mass is 16.5. The Hall–Kier alpha value is -3.89. The summed E-state index contributed by atoms with van der Waals surface area (Å²) in [5.74, 6) is 6.41. The summed E-state index contributed by atoms with van der Waals surface area (Å²) >= 11 is 0. The molecule has 0 saturated carbocycles. The SMILES string of the molecule is COc1cc(NN)c(N)cc1C(=O)N1CC(N2Cc3cnc(Nc4cc(C)cc(C)c4)nc3C2)C1. The zero-order valence-corrected chi connectivity index (χ0v) is 20.1. The summed E-state index contributed by atoms with van der Waals surface area (Å²) in [5.41, 5.74) is 15.4. The zero-order chi connectivity index (χ0) is 24.7. The highest BCUT2D eigenvalue weighted by Gasteiger charge is 2.38. The molecule has 0 aliphatic carbocycles. The number of ether oxygens (including phenoxy) is 1. The van der Waals surface area contributed by atoms with Crippen LogP contribution in [0.1, 0.15) is 32.7 Å². The van der Waals surface area contributed by atoms with E-state index in [9.17, 15) is 4.79 Å². The van der Waals surface area contributed by atoms with E-state index in [0.717, 1.165) is 30.0 Å². The first kappa shape index (κ1) is 22.9. The molecular weight excluding hydrogens is 444 g/mol. The van der Waals surface area contributed by atoms with Crippen molar-refractivity contribution in [1.29, 1.82) is 0 Å². The minimum absolute atomic E-state index is 0.107. The number of benzene rings is 2. The quantitative estimate of drug-likeness (QED) is 0.241. The lowest BCUT2D eigenvalue weighted by Gasteiger charge is -2.44. The van der Waals surface area contributed by atoms with Gasteiger partial charge in [0.1, 0.15) is 5.75 Å². The maximum absolute atomic E-state index is 13.1. The van der Waals surface area contributed by atoms with Crippen LogP contribution in [-0.2, 0) is 13.1 Å². The smallest absolute Gasteiger partial charge is 0.257 e. The number of carbonyl (C=O) groups is 1. The average Bonchev–Trinajstić information content (AvgIpc) is 3.19. The number of amides is 1. The second kappa shape index (κ2) is 9.05. The second-order valence-corrected chi connectivity index (χ2v) is 9.22. The number of carbonyl (C=O) groups excluding carboxylic acids is 1. The fraction of sp³-hybridized carbons (Fsp3) is 0.320. The van der Waals surface area contributed by atoms with Gasteiger partial charge in [-0.05, 0) is 43.2 Å². The molecule has 2 aliphatic rings. The lowest BCUT2D eigenvalue weighted by Crippen LogP contribution is -2.59. The van der Waals surface area contributed by atoms with Gasteiger partial charge < -0.3 is 26.1 Å². The molecule has 3 aromatic rings. The van der Waals surface area contributed by atoms with E-state index in [0.29, 0.717) is 41.7 Å². The molecule has 1 aromatic heterocycles. The number of nitrogens with zero attached hydrogens (tertiary/aromatic N) is 4. The first-order chi connectivity index (χ1) is 16.8. The molecule has 1 fully saturated rings. The largest absolute Gasteiger partial charge is 0.496 e. The van der Waals surface area contributed by atoms with Gasteiger partial charge in [-0.25, -0.2) is 9.97 Å². The molecule has 0 bridgehead atoms. The zero-order valence-electron chi connectivity index (χ0n) is 20.1. The fourth-order valence-corrected chi connectivity index (χ4v) is 4.75. The van der Waals surface area contributed by atoms with Gasteiger partial charge >= 0.3 is 0 Å². The molecule has 182 valence electrons. The van der Waals surface area contributed by atoms with E-state index in [1.165, 1.54) is 18.2 Å². The van der Waals surface area contributed by atoms with Crippen molar-refractivity contribution in [3.05, 3.63) is 64.5 Å². The summed E-state index contributed by atoms with van der Waals surface area (Å²) in [5, 5.41) is 3.32. The Morgan fingerprint density at radius 3 is 2.54 bits per heavy atom. The summed E-state index contributed by atoms with van der Waals surface area (Å²) in [7, 11) is 1.52. The Bertz CT molecular complexity index is 1270. The Morgan fingerprint density at radius 1 is 1.11 bits per heavy atom. The number of likely N-dealkylation sites (tertiary alicyclic amines) is 1. The summed E-state index contributed by atoms with van der Waals surface area (Å²) in [6.45, 7) is 6.92. The highest BCUT2D eigenvalue weighted by molar-refractivity contribution is 5.99. The first-order valence-corrected chi connectivity index (χ1v) is 11.5.